The van der Waals surface area contributed by atoms with Crippen LogP contribution < -0.4 is 0 Å². The summed E-state index contributed by atoms with van der Waals surface area (Å²) < 4.78 is 12.0. The number of hydrogen-bond acceptors (Lipinski definition) is 3. The van der Waals surface area contributed by atoms with Crippen molar-refractivity contribution in [2.24, 2.45) is 0 Å². The molecule has 0 saturated heterocycles. The molecule has 0 saturated carbocycles. The number of rotatable bonds is 5. The molecule has 0 N–H and O–H groups in total. The summed E-state index contributed by atoms with van der Waals surface area (Å²) in [7, 11) is 0. The summed E-state index contributed by atoms with van der Waals surface area (Å²) in [5.74, 6) is 0.680. The highest BCUT2D eigenvalue weighted by Gasteiger charge is 2.28. The van der Waals surface area contributed by atoms with Crippen LogP contribution in [0.3, 0.4) is 0 Å². The topological polar surface area (TPSA) is 48.8 Å². The van der Waals surface area contributed by atoms with E-state index in [1.165, 1.54) is 10.8 Å². The summed E-state index contributed by atoms with van der Waals surface area (Å²) in [6, 6.07) is 72.9. The Bertz CT molecular complexity index is 3860. The summed E-state index contributed by atoms with van der Waals surface area (Å²) in [4.78, 5) is 10.5. The molecule has 0 fully saturated rings. The van der Waals surface area contributed by atoms with Gasteiger partial charge in [0.1, 0.15) is 11.2 Å². The summed E-state index contributed by atoms with van der Waals surface area (Å²) in [6.45, 7) is 0. The average molecular weight is 779 g/mol. The summed E-state index contributed by atoms with van der Waals surface area (Å²) in [5, 5.41) is 7.83. The number of para-hydroxylation sites is 5. The van der Waals surface area contributed by atoms with Gasteiger partial charge in [-0.25, -0.2) is 9.97 Å². The van der Waals surface area contributed by atoms with Gasteiger partial charge in [-0.1, -0.05) is 152 Å². The van der Waals surface area contributed by atoms with Gasteiger partial charge in [0.05, 0.1) is 44.4 Å². The normalized spacial score (nSPS) is 11.9. The number of furan rings is 1. The first-order valence-corrected chi connectivity index (χ1v) is 20.7. The second-order valence-electron chi connectivity index (χ2n) is 15.7. The second kappa shape index (κ2) is 13.1. The molecule has 0 spiro atoms. The number of hydrogen-bond donors (Lipinski definition) is 0. The molecule has 9 aromatic carbocycles. The Balaban J connectivity index is 1.20. The molecule has 0 amide bonds. The molecule has 61 heavy (non-hydrogen) atoms. The lowest BCUT2D eigenvalue weighted by atomic mass is 9.99. The minimum atomic E-state index is 0.680. The van der Waals surface area contributed by atoms with E-state index < -0.39 is 0 Å². The Morgan fingerprint density at radius 1 is 0.393 bits per heavy atom. The molecule has 13 rings (SSSR count). The third-order valence-electron chi connectivity index (χ3n) is 12.3. The second-order valence-corrected chi connectivity index (χ2v) is 15.7. The molecule has 0 aliphatic rings. The largest absolute Gasteiger partial charge is 0.455 e. The van der Waals surface area contributed by atoms with Gasteiger partial charge in [0.15, 0.2) is 5.82 Å². The lowest BCUT2D eigenvalue weighted by molar-refractivity contribution is 0.673. The van der Waals surface area contributed by atoms with Gasteiger partial charge < -0.3 is 13.6 Å². The molecule has 13 aromatic rings. The smallest absolute Gasteiger partial charge is 0.160 e. The maximum absolute atomic E-state index is 7.03. The molecule has 5 nitrogen and oxygen atoms in total. The number of nitrogens with zero attached hydrogens (tertiary/aromatic N) is 4. The molecule has 0 atom stereocenters. The van der Waals surface area contributed by atoms with Gasteiger partial charge >= 0.3 is 0 Å². The molecule has 4 aromatic heterocycles. The van der Waals surface area contributed by atoms with Crippen molar-refractivity contribution in [3.8, 4) is 45.1 Å². The predicted octanol–water partition coefficient (Wildman–Crippen LogP) is 14.7. The Morgan fingerprint density at radius 3 is 1.72 bits per heavy atom. The Hall–Kier alpha value is -8.28. The number of aromatic nitrogens is 4. The zero-order valence-corrected chi connectivity index (χ0v) is 32.8. The Kier molecular flexibility index (Phi) is 7.24. The first-order chi connectivity index (χ1) is 30.3. The van der Waals surface area contributed by atoms with Crippen LogP contribution in [-0.4, -0.2) is 19.1 Å². The van der Waals surface area contributed by atoms with E-state index in [4.69, 9.17) is 14.4 Å². The van der Waals surface area contributed by atoms with Crippen molar-refractivity contribution in [2.75, 3.05) is 0 Å². The summed E-state index contributed by atoms with van der Waals surface area (Å²) in [5.41, 5.74) is 14.3. The van der Waals surface area contributed by atoms with Crippen molar-refractivity contribution >= 4 is 76.5 Å². The standard InChI is InChI=1S/C56H34N4O/c1-4-18-35(19-5-1)43-34-37(56-57-44-28-14-10-24-39(44)52(58-56)36-20-6-2-7-21-36)32-33-47(43)60-46-30-16-12-26-41(46)51-54(60)53-49(50-42-27-13-17-31-48(42)61-55(50)51)40-25-11-15-29-45(40)59(53)38-22-8-3-9-23-38/h1-34H. The highest BCUT2D eigenvalue weighted by Crippen LogP contribution is 2.50. The fraction of sp³-hybridized carbons (Fsp3) is 0. The van der Waals surface area contributed by atoms with E-state index in [9.17, 15) is 0 Å². The first-order valence-electron chi connectivity index (χ1n) is 20.7. The molecule has 284 valence electrons. The minimum absolute atomic E-state index is 0.680. The Labute approximate surface area is 350 Å². The van der Waals surface area contributed by atoms with Crippen LogP contribution in [0.5, 0.6) is 0 Å². The van der Waals surface area contributed by atoms with Gasteiger partial charge in [0, 0.05) is 54.7 Å². The van der Waals surface area contributed by atoms with Crippen LogP contribution in [-0.2, 0) is 0 Å². The fourth-order valence-corrected chi connectivity index (χ4v) is 9.72. The van der Waals surface area contributed by atoms with Gasteiger partial charge in [-0.15, -0.1) is 0 Å². The average Bonchev–Trinajstić information content (AvgIpc) is 4.00. The molecule has 0 aliphatic heterocycles. The van der Waals surface area contributed by atoms with Crippen LogP contribution in [0, 0.1) is 0 Å². The number of fused-ring (bicyclic) bond motifs is 13. The monoisotopic (exact) mass is 778 g/mol. The van der Waals surface area contributed by atoms with E-state index in [-0.39, 0.29) is 0 Å². The third-order valence-corrected chi connectivity index (χ3v) is 12.3. The van der Waals surface area contributed by atoms with E-state index in [0.717, 1.165) is 105 Å². The van der Waals surface area contributed by atoms with Crippen molar-refractivity contribution in [2.45, 2.75) is 0 Å². The lowest BCUT2D eigenvalue weighted by Crippen LogP contribution is -2.01. The van der Waals surface area contributed by atoms with Crippen molar-refractivity contribution in [3.05, 3.63) is 206 Å². The summed E-state index contributed by atoms with van der Waals surface area (Å²) >= 11 is 0. The first kappa shape index (κ1) is 33.7. The van der Waals surface area contributed by atoms with Crippen LogP contribution in [0.1, 0.15) is 0 Å². The molecule has 0 bridgehead atoms. The maximum Gasteiger partial charge on any atom is 0.160 e. The Morgan fingerprint density at radius 2 is 0.967 bits per heavy atom. The van der Waals surface area contributed by atoms with Crippen LogP contribution in [0.4, 0.5) is 0 Å². The SMILES string of the molecule is c1ccc(-c2cc(-c3nc(-c4ccccc4)c4ccccc4n3)ccc2-n2c3ccccc3c3c4oc5ccccc5c4c4c5ccccc5n(-c5ccccc5)c4c32)cc1. The zero-order chi connectivity index (χ0) is 40.0. The highest BCUT2D eigenvalue weighted by molar-refractivity contribution is 6.39. The van der Waals surface area contributed by atoms with Gasteiger partial charge in [0.2, 0.25) is 0 Å². The van der Waals surface area contributed by atoms with Gasteiger partial charge in [-0.3, -0.25) is 0 Å². The number of benzene rings is 9. The van der Waals surface area contributed by atoms with Crippen molar-refractivity contribution in [1.82, 2.24) is 19.1 Å². The molecular weight excluding hydrogens is 745 g/mol. The van der Waals surface area contributed by atoms with E-state index in [0.29, 0.717) is 5.82 Å². The molecule has 0 radical (unpaired) electrons. The van der Waals surface area contributed by atoms with Gasteiger partial charge in [-0.2, -0.15) is 0 Å². The molecule has 0 unspecified atom stereocenters. The van der Waals surface area contributed by atoms with E-state index in [1.54, 1.807) is 0 Å². The van der Waals surface area contributed by atoms with E-state index in [2.05, 4.69) is 203 Å². The maximum atomic E-state index is 7.03. The fourth-order valence-electron chi connectivity index (χ4n) is 9.72. The van der Waals surface area contributed by atoms with E-state index >= 15 is 0 Å². The summed E-state index contributed by atoms with van der Waals surface area (Å²) in [6.07, 6.45) is 0. The van der Waals surface area contributed by atoms with Crippen LogP contribution in [0.15, 0.2) is 211 Å². The van der Waals surface area contributed by atoms with E-state index in [1.807, 2.05) is 12.1 Å². The van der Waals surface area contributed by atoms with Gasteiger partial charge in [-0.05, 0) is 60.2 Å². The molecule has 5 heteroatoms. The quantitative estimate of drug-likeness (QED) is 0.175. The van der Waals surface area contributed by atoms with Crippen molar-refractivity contribution < 1.29 is 4.42 Å². The predicted molar refractivity (Wildman–Crippen MR) is 252 cm³/mol. The minimum Gasteiger partial charge on any atom is -0.455 e. The lowest BCUT2D eigenvalue weighted by Gasteiger charge is -2.17. The van der Waals surface area contributed by atoms with Crippen LogP contribution >= 0.6 is 0 Å². The highest BCUT2D eigenvalue weighted by atomic mass is 16.3. The van der Waals surface area contributed by atoms with Crippen molar-refractivity contribution in [1.29, 1.82) is 0 Å². The molecular formula is C56H34N4O. The zero-order valence-electron chi connectivity index (χ0n) is 32.8. The molecule has 4 heterocycles. The van der Waals surface area contributed by atoms with Crippen molar-refractivity contribution in [3.63, 3.8) is 0 Å². The van der Waals surface area contributed by atoms with Crippen LogP contribution in [0.25, 0.3) is 122 Å². The van der Waals surface area contributed by atoms with Gasteiger partial charge in [0.25, 0.3) is 0 Å². The van der Waals surface area contributed by atoms with Crippen LogP contribution in [0.2, 0.25) is 0 Å². The molecule has 0 aliphatic carbocycles. The third kappa shape index (κ3) is 4.95.